The largest absolute Gasteiger partial charge is 0.514 e. The second kappa shape index (κ2) is 15.3. The number of carbonyl (C=O) groups is 6. The lowest BCUT2D eigenvalue weighted by atomic mass is 9.84. The molecule has 0 spiro atoms. The number of carbonyl (C=O) groups excluding carboxylic acids is 6. The first kappa shape index (κ1) is 42.5. The van der Waals surface area contributed by atoms with Crippen LogP contribution in [0.5, 0.6) is 11.5 Å². The van der Waals surface area contributed by atoms with Crippen LogP contribution in [-0.2, 0) is 14.2 Å². The van der Waals surface area contributed by atoms with Crippen LogP contribution >= 0.6 is 63.7 Å². The van der Waals surface area contributed by atoms with Crippen LogP contribution in [0.2, 0.25) is 0 Å². The topological polar surface area (TPSA) is 149 Å². The van der Waals surface area contributed by atoms with Crippen molar-refractivity contribution in [3.8, 4) is 11.5 Å². The van der Waals surface area contributed by atoms with Gasteiger partial charge in [0.05, 0.1) is 40.1 Å². The molecule has 11 nitrogen and oxygen atoms in total. The third-order valence-electron chi connectivity index (χ3n) is 5.94. The Morgan fingerprint density at radius 3 is 1.04 bits per heavy atom. The zero-order chi connectivity index (χ0) is 38.2. The van der Waals surface area contributed by atoms with Gasteiger partial charge in [-0.05, 0) is 117 Å². The van der Waals surface area contributed by atoms with E-state index in [0.717, 1.165) is 0 Å². The van der Waals surface area contributed by atoms with Gasteiger partial charge >= 0.3 is 24.2 Å². The quantitative estimate of drug-likeness (QED) is 0.0896. The first-order chi connectivity index (χ1) is 22.0. The van der Waals surface area contributed by atoms with Gasteiger partial charge in [0.25, 0.3) is 0 Å². The Morgan fingerprint density at radius 1 is 0.510 bits per heavy atom. The van der Waals surface area contributed by atoms with E-state index in [4.69, 9.17) is 23.7 Å². The zero-order valence-electron chi connectivity index (χ0n) is 29.2. The van der Waals surface area contributed by atoms with E-state index < -0.39 is 57.8 Å². The number of Topliss-reactive ketones (excluding diaryl/α,β-unsaturated/α-hetero) is 2. The fraction of sp³-hybridized carbons (Fsp3) is 0.471. The SMILES string of the molecule is CC(C)(C)OC(=O)Oc1c(Br)cc(C(=O)OC(=O)c2cc(Br)c(OC(=O)OC(C)(C)C)c(Br)c2C(=O)C(C)(C)C)c(C(=O)C(C)(C)C)c1Br. The van der Waals surface area contributed by atoms with Crippen molar-refractivity contribution in [1.29, 1.82) is 0 Å². The summed E-state index contributed by atoms with van der Waals surface area (Å²) in [6.07, 6.45) is -2.14. The molecule has 15 heteroatoms. The molecule has 0 atom stereocenters. The summed E-state index contributed by atoms with van der Waals surface area (Å²) < 4.78 is 26.5. The third-order valence-corrected chi connectivity index (χ3v) is 8.64. The van der Waals surface area contributed by atoms with E-state index in [1.807, 2.05) is 0 Å². The van der Waals surface area contributed by atoms with Crippen molar-refractivity contribution in [3.05, 3.63) is 52.3 Å². The molecule has 2 aromatic carbocycles. The van der Waals surface area contributed by atoms with E-state index in [2.05, 4.69) is 63.7 Å². The van der Waals surface area contributed by atoms with Crippen molar-refractivity contribution >= 4 is 99.5 Å². The maximum atomic E-state index is 13.7. The monoisotopic (exact) mass is 938 g/mol. The molecule has 0 aliphatic carbocycles. The van der Waals surface area contributed by atoms with Gasteiger partial charge in [0.1, 0.15) is 11.2 Å². The normalized spacial score (nSPS) is 12.2. The molecule has 268 valence electrons. The van der Waals surface area contributed by atoms with E-state index in [0.29, 0.717) is 0 Å². The molecule has 2 aromatic rings. The molecule has 0 bridgehead atoms. The van der Waals surface area contributed by atoms with Gasteiger partial charge in [-0.25, -0.2) is 19.2 Å². The van der Waals surface area contributed by atoms with E-state index in [9.17, 15) is 28.8 Å². The van der Waals surface area contributed by atoms with Crippen LogP contribution in [0.15, 0.2) is 30.0 Å². The molecular formula is C34H38Br4O11. The van der Waals surface area contributed by atoms with Crippen molar-refractivity contribution < 1.29 is 52.5 Å². The van der Waals surface area contributed by atoms with Gasteiger partial charge in [0.15, 0.2) is 23.1 Å². The highest BCUT2D eigenvalue weighted by Gasteiger charge is 2.37. The van der Waals surface area contributed by atoms with Crippen LogP contribution < -0.4 is 9.47 Å². The van der Waals surface area contributed by atoms with E-state index in [1.54, 1.807) is 83.1 Å². The van der Waals surface area contributed by atoms with E-state index in [1.165, 1.54) is 12.1 Å². The van der Waals surface area contributed by atoms with Gasteiger partial charge < -0.3 is 23.7 Å². The lowest BCUT2D eigenvalue weighted by Gasteiger charge is -2.23. The molecule has 0 fully saturated rings. The highest BCUT2D eigenvalue weighted by molar-refractivity contribution is 9.11. The highest BCUT2D eigenvalue weighted by atomic mass is 79.9. The van der Waals surface area contributed by atoms with Gasteiger partial charge in [0.2, 0.25) is 0 Å². The number of hydrogen-bond acceptors (Lipinski definition) is 11. The van der Waals surface area contributed by atoms with E-state index in [-0.39, 0.29) is 51.6 Å². The summed E-state index contributed by atoms with van der Waals surface area (Å²) in [7, 11) is 0. The average Bonchev–Trinajstić information content (AvgIpc) is 2.89. The summed E-state index contributed by atoms with van der Waals surface area (Å²) in [4.78, 5) is 79.9. The smallest absolute Gasteiger partial charge is 0.428 e. The lowest BCUT2D eigenvalue weighted by molar-refractivity contribution is 0.0189. The Bertz CT molecular complexity index is 1590. The molecule has 0 aromatic heterocycles. The summed E-state index contributed by atoms with van der Waals surface area (Å²) in [5.41, 5.74) is -5.05. The second-order valence-electron chi connectivity index (χ2n) is 14.8. The molecule has 0 amide bonds. The van der Waals surface area contributed by atoms with Gasteiger partial charge in [0, 0.05) is 10.8 Å². The van der Waals surface area contributed by atoms with E-state index >= 15 is 0 Å². The van der Waals surface area contributed by atoms with Gasteiger partial charge in [-0.3, -0.25) is 9.59 Å². The summed E-state index contributed by atoms with van der Waals surface area (Å²) in [6, 6.07) is 2.34. The number of rotatable bonds is 6. The van der Waals surface area contributed by atoms with Crippen LogP contribution in [0.25, 0.3) is 0 Å². The fourth-order valence-electron chi connectivity index (χ4n) is 3.81. The minimum Gasteiger partial charge on any atom is -0.428 e. The first-order valence-corrected chi connectivity index (χ1v) is 17.8. The Kier molecular flexibility index (Phi) is 13.3. The summed E-state index contributed by atoms with van der Waals surface area (Å²) in [5, 5.41) is 0. The Morgan fingerprint density at radius 2 is 0.796 bits per heavy atom. The molecule has 0 heterocycles. The lowest BCUT2D eigenvalue weighted by Crippen LogP contribution is -2.28. The van der Waals surface area contributed by atoms with Crippen molar-refractivity contribution in [3.63, 3.8) is 0 Å². The van der Waals surface area contributed by atoms with Crippen LogP contribution in [0, 0.1) is 10.8 Å². The molecule has 0 radical (unpaired) electrons. The molecule has 0 aliphatic rings. The fourth-order valence-corrected chi connectivity index (χ4v) is 6.73. The summed E-state index contributed by atoms with van der Waals surface area (Å²) in [6.45, 7) is 19.5. The predicted octanol–water partition coefficient (Wildman–Crippen LogP) is 10.8. The number of benzene rings is 2. The number of hydrogen-bond donors (Lipinski definition) is 0. The van der Waals surface area contributed by atoms with Crippen molar-refractivity contribution in [1.82, 2.24) is 0 Å². The van der Waals surface area contributed by atoms with Crippen molar-refractivity contribution in [2.24, 2.45) is 10.8 Å². The van der Waals surface area contributed by atoms with Gasteiger partial charge in [-0.2, -0.15) is 0 Å². The highest BCUT2D eigenvalue weighted by Crippen LogP contribution is 2.43. The maximum absolute atomic E-state index is 13.7. The number of esters is 2. The molecule has 0 unspecified atom stereocenters. The Labute approximate surface area is 319 Å². The zero-order valence-corrected chi connectivity index (χ0v) is 35.5. The number of halogens is 4. The minimum atomic E-state index is -1.25. The van der Waals surface area contributed by atoms with Crippen LogP contribution in [0.3, 0.4) is 0 Å². The van der Waals surface area contributed by atoms with Crippen molar-refractivity contribution in [2.45, 2.75) is 94.3 Å². The second-order valence-corrected chi connectivity index (χ2v) is 18.1. The van der Waals surface area contributed by atoms with Gasteiger partial charge in [-0.15, -0.1) is 0 Å². The summed E-state index contributed by atoms with van der Waals surface area (Å²) in [5.74, 6) is -3.93. The Hall–Kier alpha value is -2.62. The molecular weight excluding hydrogens is 904 g/mol. The third kappa shape index (κ3) is 11.2. The molecule has 2 rings (SSSR count). The molecule has 0 saturated heterocycles. The average molecular weight is 942 g/mol. The molecule has 0 saturated carbocycles. The summed E-state index contributed by atoms with van der Waals surface area (Å²) >= 11 is 13.1. The number of ketones is 2. The molecule has 0 N–H and O–H groups in total. The minimum absolute atomic E-state index is 0.0489. The van der Waals surface area contributed by atoms with Crippen molar-refractivity contribution in [2.75, 3.05) is 0 Å². The van der Waals surface area contributed by atoms with Crippen LogP contribution in [0.4, 0.5) is 9.59 Å². The number of ether oxygens (including phenoxy) is 5. The van der Waals surface area contributed by atoms with Crippen LogP contribution in [-0.4, -0.2) is 47.0 Å². The standard InChI is InChI=1S/C34H38Br4O11/c1-31(2,3)25(39)19-15(13-17(35)23(21(19)37)45-29(43)48-33(7,8)9)27(41)47-28(42)16-14-18(36)24(46-30(44)49-34(10,11)12)22(38)20(16)26(40)32(4,5)6/h13-14H,1-12H3. The van der Waals surface area contributed by atoms with Gasteiger partial charge in [-0.1, -0.05) is 41.5 Å². The first-order valence-electron chi connectivity index (χ1n) is 14.7. The Balaban J connectivity index is 2.73. The predicted molar refractivity (Wildman–Crippen MR) is 195 cm³/mol. The maximum Gasteiger partial charge on any atom is 0.514 e. The molecule has 49 heavy (non-hydrogen) atoms. The molecule has 0 aliphatic heterocycles. The van der Waals surface area contributed by atoms with Crippen LogP contribution in [0.1, 0.15) is 125 Å².